The van der Waals surface area contributed by atoms with Crippen molar-refractivity contribution >= 4 is 108 Å². The van der Waals surface area contributed by atoms with Gasteiger partial charge in [0.05, 0.1) is 45.2 Å². The Morgan fingerprint density at radius 2 is 0.887 bits per heavy atom. The van der Waals surface area contributed by atoms with E-state index >= 15 is 0 Å². The number of fused-ring (bicyclic) bond motifs is 2. The van der Waals surface area contributed by atoms with Gasteiger partial charge in [0.2, 0.25) is 0 Å². The molecule has 0 spiro atoms. The molecule has 0 heterocycles. The second kappa shape index (κ2) is 24.6. The number of rotatable bonds is 13. The molecule has 30 heteroatoms. The first-order valence-corrected chi connectivity index (χ1v) is 24.8. The fourth-order valence-corrected chi connectivity index (χ4v) is 9.72. The fraction of sp³-hybridized carbons (Fsp3) is 0.0732. The van der Waals surface area contributed by atoms with Crippen LogP contribution in [-0.4, -0.2) is 66.1 Å². The maximum atomic E-state index is 13.4. The smallest absolute Gasteiger partial charge is 0.870 e. The molecule has 7 rings (SSSR count). The summed E-state index contributed by atoms with van der Waals surface area (Å²) in [6.07, 6.45) is 0. The third-order valence-corrected chi connectivity index (χ3v) is 14.0. The largest absolute Gasteiger partial charge is 1.00 e. The van der Waals surface area contributed by atoms with Gasteiger partial charge in [-0.3, -0.25) is 9.11 Å². The summed E-state index contributed by atoms with van der Waals surface area (Å²) in [6, 6.07) is 21.0. The minimum absolute atomic E-state index is 0. The molecule has 0 unspecified atom stereocenters. The van der Waals surface area contributed by atoms with Crippen LogP contribution in [0.3, 0.4) is 0 Å². The molecule has 0 radical (unpaired) electrons. The topological polar surface area (TPSA) is 337 Å². The van der Waals surface area contributed by atoms with Crippen LogP contribution in [0.5, 0.6) is 23.0 Å². The average molecular weight is 1120 g/mol. The Hall–Kier alpha value is -2.32. The molecular formula is C41H26Cl2N4Na4O16S4. The number of benzene rings is 7. The van der Waals surface area contributed by atoms with Gasteiger partial charge >= 0.3 is 118 Å². The van der Waals surface area contributed by atoms with Crippen molar-refractivity contribution in [2.75, 3.05) is 14.2 Å². The van der Waals surface area contributed by atoms with Gasteiger partial charge in [-0.05, 0) is 88.1 Å². The zero-order chi connectivity index (χ0) is 49.0. The van der Waals surface area contributed by atoms with Crippen LogP contribution in [0.1, 0.15) is 22.6 Å². The third-order valence-electron chi connectivity index (χ3n) is 10.0. The summed E-state index contributed by atoms with van der Waals surface area (Å²) in [7, 11) is -17.9. The third kappa shape index (κ3) is 13.8. The fourth-order valence-electron chi connectivity index (χ4n) is 6.96. The Bertz CT molecular complexity index is 3530. The van der Waals surface area contributed by atoms with Crippen LogP contribution in [0.4, 0.5) is 22.7 Å². The van der Waals surface area contributed by atoms with E-state index < -0.39 is 88.8 Å². The predicted octanol–water partition coefficient (Wildman–Crippen LogP) is -4.21. The minimum Gasteiger partial charge on any atom is -0.870 e. The second-order valence-electron chi connectivity index (χ2n) is 14.1. The Kier molecular flexibility index (Phi) is 21.8. The van der Waals surface area contributed by atoms with Crippen LogP contribution in [0.25, 0.3) is 21.5 Å². The molecule has 0 fully saturated rings. The van der Waals surface area contributed by atoms with Gasteiger partial charge in [-0.1, -0.05) is 77.2 Å². The standard InChI is InChI=1S/C41H30Cl2N4O16S4.4Na/c1-62-33-16-27(29(42)18-31(33)44-46-38-25-10-8-23(64(50,51)52)12-21(25)14-35(40(38)48)66(56,57)58)37(20-6-4-3-5-7-20)28-17-34(63-2)32(19-30(28)43)45-47-39-26-11-9-24(65(53,54)55)13-22(26)15-36(41(39)49)67(59,60)61;;;;/h3-19,37,48-49H,1-2H3,(H,50,51,52)(H,53,54,55)(H,56,57,58)(H,59,60,61);;;;/q;4*+1/p-4. The number of methoxy groups -OCH3 is 2. The van der Waals surface area contributed by atoms with Gasteiger partial charge in [0.1, 0.15) is 43.1 Å². The number of azo groups is 2. The molecule has 0 aromatic heterocycles. The summed E-state index contributed by atoms with van der Waals surface area (Å²) in [5.74, 6) is -3.49. The quantitative estimate of drug-likeness (QED) is 0.0479. The Balaban J connectivity index is 0.00000333. The minimum atomic E-state index is -5.20. The van der Waals surface area contributed by atoms with E-state index in [1.165, 1.54) is 38.5 Å². The summed E-state index contributed by atoms with van der Waals surface area (Å²) >= 11 is 13.9. The Labute approximate surface area is 504 Å². The molecule has 0 aliphatic rings. The van der Waals surface area contributed by atoms with Gasteiger partial charge in [-0.25, -0.2) is 16.8 Å². The number of halogens is 2. The monoisotopic (exact) mass is 1120 g/mol. The summed E-state index contributed by atoms with van der Waals surface area (Å²) in [4.78, 5) is -3.87. The first-order chi connectivity index (χ1) is 31.3. The van der Waals surface area contributed by atoms with Gasteiger partial charge in [0, 0.05) is 26.7 Å². The molecule has 0 amide bonds. The molecular weight excluding hydrogens is 1100 g/mol. The first kappa shape index (κ1) is 63.0. The molecule has 2 N–H and O–H groups in total. The van der Waals surface area contributed by atoms with Crippen LogP contribution < -0.4 is 138 Å². The number of hydrogen-bond donors (Lipinski definition) is 2. The number of hydrogen-bond acceptors (Lipinski definition) is 18. The van der Waals surface area contributed by atoms with E-state index in [2.05, 4.69) is 20.5 Å². The van der Waals surface area contributed by atoms with Crippen molar-refractivity contribution < 1.29 is 190 Å². The van der Waals surface area contributed by atoms with Crippen molar-refractivity contribution in [3.05, 3.63) is 130 Å². The van der Waals surface area contributed by atoms with Crippen molar-refractivity contribution in [3.63, 3.8) is 0 Å². The van der Waals surface area contributed by atoms with Crippen molar-refractivity contribution in [3.8, 4) is 23.0 Å². The van der Waals surface area contributed by atoms with E-state index in [1.807, 2.05) is 0 Å². The maximum Gasteiger partial charge on any atom is 1.00 e. The summed E-state index contributed by atoms with van der Waals surface area (Å²) in [5.41, 5.74) is -0.265. The summed E-state index contributed by atoms with van der Waals surface area (Å²) in [6.45, 7) is 0. The Morgan fingerprint density at radius 1 is 0.521 bits per heavy atom. The molecule has 348 valence electrons. The summed E-state index contributed by atoms with van der Waals surface area (Å²) in [5, 5.41) is 42.1. The van der Waals surface area contributed by atoms with E-state index in [1.54, 1.807) is 30.3 Å². The molecule has 0 aliphatic carbocycles. The van der Waals surface area contributed by atoms with E-state index in [0.29, 0.717) is 28.8 Å². The number of nitrogens with zero attached hydrogens (tertiary/aromatic N) is 4. The molecule has 7 aromatic carbocycles. The van der Waals surface area contributed by atoms with Crippen molar-refractivity contribution in [2.24, 2.45) is 20.5 Å². The average Bonchev–Trinajstić information content (AvgIpc) is 3.25. The van der Waals surface area contributed by atoms with Gasteiger partial charge < -0.3 is 28.8 Å². The van der Waals surface area contributed by atoms with Crippen molar-refractivity contribution in [2.45, 2.75) is 25.5 Å². The van der Waals surface area contributed by atoms with Crippen LogP contribution in [0.2, 0.25) is 10.0 Å². The zero-order valence-electron chi connectivity index (χ0n) is 37.7. The SMILES string of the molecule is COc1cc(C(c2ccccc2)c2cc(OC)c(N=Nc3c([O-])c(S(=O)(=O)O)cc4cc(S(=O)(=O)[O-])ccc34)cc2Cl)c(Cl)cc1N=Nc1c([O-])c(S(=O)(=O)O)cc2cc(S(=O)(=O)[O-])ccc12.[Na+].[Na+].[Na+].[Na+]. The Morgan fingerprint density at radius 3 is 1.21 bits per heavy atom. The molecule has 20 nitrogen and oxygen atoms in total. The van der Waals surface area contributed by atoms with Gasteiger partial charge in [0.25, 0.3) is 20.2 Å². The molecule has 0 saturated carbocycles. The molecule has 0 saturated heterocycles. The molecule has 0 atom stereocenters. The summed E-state index contributed by atoms with van der Waals surface area (Å²) < 4.78 is 150. The normalized spacial score (nSPS) is 12.5. The zero-order valence-corrected chi connectivity index (χ0v) is 50.5. The van der Waals surface area contributed by atoms with E-state index in [0.717, 1.165) is 36.4 Å². The van der Waals surface area contributed by atoms with E-state index in [9.17, 15) is 62.1 Å². The molecule has 71 heavy (non-hydrogen) atoms. The molecule has 0 aliphatic heterocycles. The van der Waals surface area contributed by atoms with Crippen LogP contribution in [0, 0.1) is 0 Å². The van der Waals surface area contributed by atoms with E-state index in [4.69, 9.17) is 32.7 Å². The van der Waals surface area contributed by atoms with E-state index in [-0.39, 0.29) is 173 Å². The van der Waals surface area contributed by atoms with Gasteiger partial charge in [-0.2, -0.15) is 27.1 Å². The first-order valence-electron chi connectivity index (χ1n) is 18.4. The van der Waals surface area contributed by atoms with Crippen LogP contribution in [-0.2, 0) is 40.5 Å². The maximum absolute atomic E-state index is 13.4. The van der Waals surface area contributed by atoms with Gasteiger partial charge in [-0.15, -0.1) is 10.2 Å². The van der Waals surface area contributed by atoms with Crippen LogP contribution >= 0.6 is 23.2 Å². The predicted molar refractivity (Wildman–Crippen MR) is 234 cm³/mol. The van der Waals surface area contributed by atoms with Crippen molar-refractivity contribution in [1.29, 1.82) is 0 Å². The molecule has 7 aromatic rings. The second-order valence-corrected chi connectivity index (χ2v) is 20.4. The van der Waals surface area contributed by atoms with Gasteiger partial charge in [0.15, 0.2) is 0 Å². The number of ether oxygens (including phenoxy) is 2. The van der Waals surface area contributed by atoms with Crippen LogP contribution in [0.15, 0.2) is 143 Å². The molecule has 0 bridgehead atoms. The van der Waals surface area contributed by atoms with Crippen molar-refractivity contribution in [1.82, 2.24) is 0 Å².